The summed E-state index contributed by atoms with van der Waals surface area (Å²) < 4.78 is 8.29. The zero-order valence-corrected chi connectivity index (χ0v) is 11.8. The second kappa shape index (κ2) is 4.92. The third kappa shape index (κ3) is 2.22. The molecule has 90 valence electrons. The predicted molar refractivity (Wildman–Crippen MR) is 72.3 cm³/mol. The number of hydrogen-bond acceptors (Lipinski definition) is 2. The first-order valence-corrected chi connectivity index (χ1v) is 6.30. The number of benzene rings is 1. The third-order valence-corrected chi connectivity index (χ3v) is 3.73. The van der Waals surface area contributed by atoms with Gasteiger partial charge in [0, 0.05) is 12.6 Å². The Morgan fingerprint density at radius 2 is 2.18 bits per heavy atom. The Balaban J connectivity index is 2.60. The van der Waals surface area contributed by atoms with Gasteiger partial charge >= 0.3 is 0 Å². The molecule has 0 aliphatic rings. The third-order valence-electron chi connectivity index (χ3n) is 2.79. The fraction of sp³-hybridized carbons (Fsp3) is 0.308. The number of nitrogens with zero attached hydrogens (tertiary/aromatic N) is 2. The van der Waals surface area contributed by atoms with Gasteiger partial charge in [0.1, 0.15) is 16.0 Å². The van der Waals surface area contributed by atoms with Crippen LogP contribution in [0.4, 0.5) is 0 Å². The summed E-state index contributed by atoms with van der Waals surface area (Å²) in [4.78, 5) is 4.41. The van der Waals surface area contributed by atoms with E-state index >= 15 is 0 Å². The van der Waals surface area contributed by atoms with Gasteiger partial charge in [-0.3, -0.25) is 0 Å². The van der Waals surface area contributed by atoms with E-state index in [0.717, 1.165) is 28.0 Å². The summed E-state index contributed by atoms with van der Waals surface area (Å²) in [5.74, 6) is 0.849. The normalized spacial score (nSPS) is 10.6. The van der Waals surface area contributed by atoms with Crippen LogP contribution in [0.2, 0.25) is 0 Å². The van der Waals surface area contributed by atoms with Crippen LogP contribution in [0.25, 0.3) is 11.3 Å². The highest BCUT2D eigenvalue weighted by molar-refractivity contribution is 9.10. The zero-order valence-electron chi connectivity index (χ0n) is 10.2. The number of methoxy groups -OCH3 is 1. The van der Waals surface area contributed by atoms with Crippen LogP contribution in [0, 0.1) is 0 Å². The van der Waals surface area contributed by atoms with Crippen LogP contribution >= 0.6 is 15.9 Å². The van der Waals surface area contributed by atoms with Gasteiger partial charge < -0.3 is 9.30 Å². The van der Waals surface area contributed by atoms with E-state index < -0.39 is 0 Å². The molecule has 3 nitrogen and oxygen atoms in total. The summed E-state index contributed by atoms with van der Waals surface area (Å²) >= 11 is 3.54. The van der Waals surface area contributed by atoms with E-state index in [0.29, 0.717) is 0 Å². The zero-order chi connectivity index (χ0) is 12.4. The second-order valence-electron chi connectivity index (χ2n) is 3.88. The van der Waals surface area contributed by atoms with Crippen LogP contribution < -0.4 is 4.74 Å². The van der Waals surface area contributed by atoms with Crippen LogP contribution in [-0.4, -0.2) is 16.7 Å². The molecule has 4 heteroatoms. The van der Waals surface area contributed by atoms with E-state index in [-0.39, 0.29) is 0 Å². The number of aromatic nitrogens is 2. The molecule has 0 unspecified atom stereocenters. The van der Waals surface area contributed by atoms with E-state index in [1.54, 1.807) is 13.4 Å². The molecule has 17 heavy (non-hydrogen) atoms. The van der Waals surface area contributed by atoms with Crippen molar-refractivity contribution in [3.8, 4) is 17.0 Å². The van der Waals surface area contributed by atoms with Crippen LogP contribution in [0.1, 0.15) is 12.5 Å². The van der Waals surface area contributed by atoms with Gasteiger partial charge in [0.05, 0.1) is 13.4 Å². The molecule has 1 aromatic heterocycles. The maximum atomic E-state index is 5.39. The lowest BCUT2D eigenvalue weighted by atomic mass is 10.1. The van der Waals surface area contributed by atoms with Gasteiger partial charge in [-0.05, 0) is 40.0 Å². The quantitative estimate of drug-likeness (QED) is 0.867. The Bertz CT molecular complexity index is 534. The van der Waals surface area contributed by atoms with E-state index in [2.05, 4.69) is 40.0 Å². The highest BCUT2D eigenvalue weighted by Crippen LogP contribution is 2.34. The van der Waals surface area contributed by atoms with Crippen molar-refractivity contribution in [2.75, 3.05) is 7.11 Å². The van der Waals surface area contributed by atoms with Crippen molar-refractivity contribution in [3.05, 3.63) is 34.7 Å². The predicted octanol–water partition coefficient (Wildman–Crippen LogP) is 3.42. The lowest BCUT2D eigenvalue weighted by molar-refractivity contribution is 0.416. The second-order valence-corrected chi connectivity index (χ2v) is 4.63. The number of rotatable bonds is 3. The minimum Gasteiger partial charge on any atom is -0.496 e. The van der Waals surface area contributed by atoms with E-state index in [1.165, 1.54) is 5.56 Å². The van der Waals surface area contributed by atoms with Gasteiger partial charge in [-0.1, -0.05) is 13.0 Å². The molecule has 0 bridgehead atoms. The maximum absolute atomic E-state index is 5.39. The minimum atomic E-state index is 0.849. The molecule has 0 radical (unpaired) electrons. The molecule has 1 heterocycles. The molecule has 2 aromatic rings. The van der Waals surface area contributed by atoms with Crippen molar-refractivity contribution in [1.29, 1.82) is 0 Å². The highest BCUT2D eigenvalue weighted by Gasteiger charge is 2.13. The topological polar surface area (TPSA) is 27.1 Å². The fourth-order valence-electron chi connectivity index (χ4n) is 1.76. The van der Waals surface area contributed by atoms with E-state index in [4.69, 9.17) is 4.74 Å². The first kappa shape index (κ1) is 12.2. The molecule has 0 aliphatic heterocycles. The first-order valence-electron chi connectivity index (χ1n) is 5.51. The van der Waals surface area contributed by atoms with Gasteiger partial charge in [-0.15, -0.1) is 0 Å². The minimum absolute atomic E-state index is 0.849. The van der Waals surface area contributed by atoms with Gasteiger partial charge in [-0.2, -0.15) is 0 Å². The average Bonchev–Trinajstić information content (AvgIpc) is 2.69. The monoisotopic (exact) mass is 294 g/mol. The standard InChI is InChI=1S/C13H15BrN2O/c1-4-9-5-6-11(17-3)10(7-9)12-13(14)16(2)8-15-12/h5-8H,4H2,1-3H3. The summed E-state index contributed by atoms with van der Waals surface area (Å²) in [6.07, 6.45) is 2.79. The van der Waals surface area contributed by atoms with Crippen LogP contribution in [0.15, 0.2) is 29.1 Å². The highest BCUT2D eigenvalue weighted by atomic mass is 79.9. The molecule has 0 fully saturated rings. The molecular formula is C13H15BrN2O. The molecule has 0 saturated heterocycles. The Hall–Kier alpha value is -1.29. The summed E-state index contributed by atoms with van der Waals surface area (Å²) in [5.41, 5.74) is 3.22. The number of halogens is 1. The number of hydrogen-bond donors (Lipinski definition) is 0. The molecular weight excluding hydrogens is 280 g/mol. The fourth-order valence-corrected chi connectivity index (χ4v) is 2.16. The van der Waals surface area contributed by atoms with Crippen LogP contribution in [0.5, 0.6) is 5.75 Å². The van der Waals surface area contributed by atoms with Gasteiger partial charge in [0.2, 0.25) is 0 Å². The Morgan fingerprint density at radius 3 is 2.71 bits per heavy atom. The van der Waals surface area contributed by atoms with E-state index in [9.17, 15) is 0 Å². The summed E-state index contributed by atoms with van der Waals surface area (Å²) in [6.45, 7) is 2.14. The van der Waals surface area contributed by atoms with E-state index in [1.807, 2.05) is 17.7 Å². The van der Waals surface area contributed by atoms with Gasteiger partial charge in [-0.25, -0.2) is 4.98 Å². The molecule has 0 amide bonds. The molecule has 0 aliphatic carbocycles. The number of imidazole rings is 1. The van der Waals surface area contributed by atoms with Crippen molar-refractivity contribution in [2.24, 2.45) is 7.05 Å². The van der Waals surface area contributed by atoms with Crippen molar-refractivity contribution in [1.82, 2.24) is 9.55 Å². The summed E-state index contributed by atoms with van der Waals surface area (Å²) in [5, 5.41) is 0. The first-order chi connectivity index (χ1) is 8.17. The molecule has 0 atom stereocenters. The summed E-state index contributed by atoms with van der Waals surface area (Å²) in [7, 11) is 3.64. The Kier molecular flexibility index (Phi) is 3.52. The van der Waals surface area contributed by atoms with Crippen molar-refractivity contribution >= 4 is 15.9 Å². The molecule has 2 rings (SSSR count). The van der Waals surface area contributed by atoms with Crippen molar-refractivity contribution < 1.29 is 4.74 Å². The van der Waals surface area contributed by atoms with Gasteiger partial charge in [0.15, 0.2) is 0 Å². The molecule has 1 aromatic carbocycles. The lowest BCUT2D eigenvalue weighted by Gasteiger charge is -2.09. The lowest BCUT2D eigenvalue weighted by Crippen LogP contribution is -1.92. The van der Waals surface area contributed by atoms with Crippen molar-refractivity contribution in [2.45, 2.75) is 13.3 Å². The molecule has 0 saturated carbocycles. The number of ether oxygens (including phenoxy) is 1. The van der Waals surface area contributed by atoms with Gasteiger partial charge in [0.25, 0.3) is 0 Å². The van der Waals surface area contributed by atoms with Crippen LogP contribution in [-0.2, 0) is 13.5 Å². The SMILES string of the molecule is CCc1ccc(OC)c(-c2ncn(C)c2Br)c1. The number of aryl methyl sites for hydroxylation is 2. The molecule has 0 N–H and O–H groups in total. The molecule has 0 spiro atoms. The smallest absolute Gasteiger partial charge is 0.128 e. The largest absolute Gasteiger partial charge is 0.496 e. The Labute approximate surface area is 110 Å². The summed E-state index contributed by atoms with van der Waals surface area (Å²) in [6, 6.07) is 6.21. The van der Waals surface area contributed by atoms with Crippen molar-refractivity contribution in [3.63, 3.8) is 0 Å². The Morgan fingerprint density at radius 1 is 1.41 bits per heavy atom. The average molecular weight is 295 g/mol. The maximum Gasteiger partial charge on any atom is 0.128 e. The van der Waals surface area contributed by atoms with Crippen LogP contribution in [0.3, 0.4) is 0 Å².